The van der Waals surface area contributed by atoms with Crippen LogP contribution in [0.1, 0.15) is 44.1 Å². The van der Waals surface area contributed by atoms with Crippen molar-refractivity contribution in [1.29, 1.82) is 0 Å². The number of benzene rings is 1. The Morgan fingerprint density at radius 1 is 1.10 bits per heavy atom. The van der Waals surface area contributed by atoms with E-state index in [1.165, 1.54) is 16.2 Å². The average molecular weight is 431 g/mol. The third kappa shape index (κ3) is 4.19. The number of methoxy groups -OCH3 is 1. The zero-order valence-electron chi connectivity index (χ0n) is 18.3. The van der Waals surface area contributed by atoms with E-state index in [1.54, 1.807) is 7.11 Å². The van der Waals surface area contributed by atoms with Crippen molar-refractivity contribution < 1.29 is 28.9 Å². The number of likely N-dealkylation sites (tertiary alicyclic amines) is 3. The highest BCUT2D eigenvalue weighted by Crippen LogP contribution is 2.20. The maximum absolute atomic E-state index is 13.1. The molecule has 3 aliphatic heterocycles. The molecule has 3 saturated heterocycles. The SMILES string of the molecule is COc1ccc(CN2C(=O)C[C@H]([NH+]3CCC(C(N)=O)([NH+]4CCCCC4)CC3)C2=O)cc1. The smallest absolute Gasteiger partial charge is 0.288 e. The Bertz CT molecular complexity index is 826. The molecule has 168 valence electrons. The van der Waals surface area contributed by atoms with Crippen molar-refractivity contribution in [2.45, 2.75) is 56.7 Å². The lowest BCUT2D eigenvalue weighted by atomic mass is 9.83. The van der Waals surface area contributed by atoms with Crippen molar-refractivity contribution in [3.8, 4) is 5.75 Å². The number of piperidine rings is 2. The quantitative estimate of drug-likeness (QED) is 0.469. The van der Waals surface area contributed by atoms with Gasteiger partial charge in [-0.2, -0.15) is 0 Å². The van der Waals surface area contributed by atoms with Crippen LogP contribution in [0.15, 0.2) is 24.3 Å². The zero-order chi connectivity index (χ0) is 22.0. The summed E-state index contributed by atoms with van der Waals surface area (Å²) < 4.78 is 5.17. The largest absolute Gasteiger partial charge is 0.497 e. The minimum atomic E-state index is -0.516. The lowest BCUT2D eigenvalue weighted by Gasteiger charge is -2.44. The number of hydrogen-bond donors (Lipinski definition) is 3. The van der Waals surface area contributed by atoms with Crippen LogP contribution in [0.5, 0.6) is 5.75 Å². The summed E-state index contributed by atoms with van der Waals surface area (Å²) >= 11 is 0. The Balaban J connectivity index is 1.40. The first-order chi connectivity index (χ1) is 14.9. The van der Waals surface area contributed by atoms with E-state index < -0.39 is 5.54 Å². The molecule has 1 aromatic rings. The van der Waals surface area contributed by atoms with Gasteiger partial charge < -0.3 is 20.3 Å². The standard InChI is InChI=1S/C23H32N4O4/c1-31-18-7-5-17(6-8-18)16-27-20(28)15-19(21(27)29)25-13-9-23(10-14-25,22(24)30)26-11-3-2-4-12-26/h5-8,19H,2-4,9-16H2,1H3,(H2,24,30)/p+2/t19-/m0/s1. The molecule has 8 heteroatoms. The molecule has 3 fully saturated rings. The molecule has 3 heterocycles. The molecule has 8 nitrogen and oxygen atoms in total. The van der Waals surface area contributed by atoms with E-state index in [4.69, 9.17) is 10.5 Å². The normalized spacial score (nSPS) is 29.9. The van der Waals surface area contributed by atoms with Gasteiger partial charge in [-0.25, -0.2) is 0 Å². The number of primary amides is 1. The van der Waals surface area contributed by atoms with Gasteiger partial charge in [0, 0.05) is 0 Å². The Morgan fingerprint density at radius 3 is 2.32 bits per heavy atom. The van der Waals surface area contributed by atoms with Crippen LogP contribution in [0.25, 0.3) is 0 Å². The second kappa shape index (κ2) is 8.96. The molecule has 3 amide bonds. The molecular formula is C23H34N4O4+2. The number of amides is 3. The second-order valence-electron chi connectivity index (χ2n) is 9.19. The van der Waals surface area contributed by atoms with Crippen LogP contribution in [0.4, 0.5) is 0 Å². The molecule has 31 heavy (non-hydrogen) atoms. The molecule has 0 bridgehead atoms. The van der Waals surface area contributed by atoms with Crippen LogP contribution in [0.2, 0.25) is 0 Å². The summed E-state index contributed by atoms with van der Waals surface area (Å²) in [5.74, 6) is 0.310. The molecule has 1 atom stereocenters. The molecule has 0 unspecified atom stereocenters. The highest BCUT2D eigenvalue weighted by Gasteiger charge is 2.54. The fourth-order valence-electron chi connectivity index (χ4n) is 5.66. The van der Waals surface area contributed by atoms with Gasteiger partial charge in [-0.3, -0.25) is 19.3 Å². The first kappa shape index (κ1) is 21.8. The molecular weight excluding hydrogens is 396 g/mol. The molecule has 0 aliphatic carbocycles. The minimum Gasteiger partial charge on any atom is -0.497 e. The van der Waals surface area contributed by atoms with Crippen molar-refractivity contribution in [3.05, 3.63) is 29.8 Å². The van der Waals surface area contributed by atoms with Crippen molar-refractivity contribution in [1.82, 2.24) is 4.90 Å². The molecule has 0 radical (unpaired) electrons. The Kier molecular flexibility index (Phi) is 6.29. The van der Waals surface area contributed by atoms with Gasteiger partial charge in [0.25, 0.3) is 11.8 Å². The maximum Gasteiger partial charge on any atom is 0.288 e. The molecule has 0 spiro atoms. The summed E-state index contributed by atoms with van der Waals surface area (Å²) in [4.78, 5) is 42.0. The maximum atomic E-state index is 13.1. The Morgan fingerprint density at radius 2 is 1.74 bits per heavy atom. The van der Waals surface area contributed by atoms with Crippen LogP contribution in [-0.4, -0.2) is 67.5 Å². The Hall–Kier alpha value is -2.45. The number of nitrogens with two attached hydrogens (primary N) is 1. The van der Waals surface area contributed by atoms with E-state index in [0.717, 1.165) is 42.1 Å². The van der Waals surface area contributed by atoms with Crippen molar-refractivity contribution >= 4 is 17.7 Å². The van der Waals surface area contributed by atoms with Gasteiger partial charge >= 0.3 is 0 Å². The van der Waals surface area contributed by atoms with Crippen molar-refractivity contribution in [3.63, 3.8) is 0 Å². The van der Waals surface area contributed by atoms with Crippen LogP contribution < -0.4 is 20.3 Å². The number of ether oxygens (including phenoxy) is 1. The highest BCUT2D eigenvalue weighted by atomic mass is 16.5. The summed E-state index contributed by atoms with van der Waals surface area (Å²) in [6, 6.07) is 7.07. The summed E-state index contributed by atoms with van der Waals surface area (Å²) in [6.07, 6.45) is 5.10. The molecule has 0 aromatic heterocycles. The minimum absolute atomic E-state index is 0.104. The fraction of sp³-hybridized carbons (Fsp3) is 0.609. The first-order valence-electron chi connectivity index (χ1n) is 11.4. The number of imide groups is 1. The van der Waals surface area contributed by atoms with E-state index >= 15 is 0 Å². The molecule has 4 rings (SSSR count). The van der Waals surface area contributed by atoms with Crippen LogP contribution in [0, 0.1) is 0 Å². The number of carbonyl (C=O) groups excluding carboxylic acids is 3. The highest BCUT2D eigenvalue weighted by molar-refractivity contribution is 6.04. The summed E-state index contributed by atoms with van der Waals surface area (Å²) in [5, 5.41) is 0. The summed E-state index contributed by atoms with van der Waals surface area (Å²) in [6.45, 7) is 3.68. The first-order valence-corrected chi connectivity index (χ1v) is 11.4. The number of quaternary nitrogens is 2. The predicted octanol–water partition coefficient (Wildman–Crippen LogP) is -1.71. The average Bonchev–Trinajstić information content (AvgIpc) is 3.08. The van der Waals surface area contributed by atoms with Gasteiger partial charge in [0.05, 0.1) is 59.1 Å². The van der Waals surface area contributed by atoms with Gasteiger partial charge in [-0.15, -0.1) is 0 Å². The van der Waals surface area contributed by atoms with E-state index in [1.807, 2.05) is 24.3 Å². The van der Waals surface area contributed by atoms with Gasteiger partial charge in [0.1, 0.15) is 5.75 Å². The van der Waals surface area contributed by atoms with E-state index in [2.05, 4.69) is 0 Å². The van der Waals surface area contributed by atoms with E-state index in [-0.39, 0.29) is 36.7 Å². The van der Waals surface area contributed by atoms with Gasteiger partial charge in [-0.05, 0) is 37.0 Å². The third-order valence-electron chi connectivity index (χ3n) is 7.59. The van der Waals surface area contributed by atoms with Gasteiger partial charge in [-0.1, -0.05) is 12.1 Å². The number of carbonyl (C=O) groups is 3. The lowest BCUT2D eigenvalue weighted by Crippen LogP contribution is -3.27. The van der Waals surface area contributed by atoms with Crippen molar-refractivity contribution in [2.75, 3.05) is 33.3 Å². The third-order valence-corrected chi connectivity index (χ3v) is 7.59. The number of hydrogen-bond acceptors (Lipinski definition) is 4. The fourth-order valence-corrected chi connectivity index (χ4v) is 5.66. The van der Waals surface area contributed by atoms with Crippen LogP contribution in [-0.2, 0) is 20.9 Å². The lowest BCUT2D eigenvalue weighted by molar-refractivity contribution is -0.978. The summed E-state index contributed by atoms with van der Waals surface area (Å²) in [7, 11) is 1.61. The van der Waals surface area contributed by atoms with Gasteiger partial charge in [0.15, 0.2) is 11.6 Å². The van der Waals surface area contributed by atoms with Crippen molar-refractivity contribution in [2.24, 2.45) is 5.73 Å². The Labute approximate surface area is 183 Å². The monoisotopic (exact) mass is 430 g/mol. The molecule has 0 saturated carbocycles. The van der Waals surface area contributed by atoms with Crippen LogP contribution in [0.3, 0.4) is 0 Å². The molecule has 4 N–H and O–H groups in total. The van der Waals surface area contributed by atoms with Crippen LogP contribution >= 0.6 is 0 Å². The molecule has 3 aliphatic rings. The predicted molar refractivity (Wildman–Crippen MR) is 113 cm³/mol. The van der Waals surface area contributed by atoms with E-state index in [0.29, 0.717) is 25.9 Å². The second-order valence-corrected chi connectivity index (χ2v) is 9.19. The van der Waals surface area contributed by atoms with E-state index in [9.17, 15) is 14.4 Å². The zero-order valence-corrected chi connectivity index (χ0v) is 18.3. The number of nitrogens with zero attached hydrogens (tertiary/aromatic N) is 1. The number of rotatable bonds is 6. The topological polar surface area (TPSA) is 98.6 Å². The van der Waals surface area contributed by atoms with Gasteiger partial charge in [0.2, 0.25) is 5.91 Å². The summed E-state index contributed by atoms with van der Waals surface area (Å²) in [5.41, 5.74) is 6.29. The number of nitrogens with one attached hydrogen (secondary N) is 2. The molecule has 1 aromatic carbocycles.